The Morgan fingerprint density at radius 2 is 1.70 bits per heavy atom. The molecule has 0 aliphatic carbocycles. The lowest BCUT2D eigenvalue weighted by atomic mass is 10.2. The number of hydrogen-bond donors (Lipinski definition) is 3. The summed E-state index contributed by atoms with van der Waals surface area (Å²) in [6.45, 7) is 3.10. The smallest absolute Gasteiger partial charge is 0.323 e. The van der Waals surface area contributed by atoms with E-state index < -0.39 is 0 Å². The van der Waals surface area contributed by atoms with E-state index in [1.165, 1.54) is 0 Å². The van der Waals surface area contributed by atoms with Gasteiger partial charge in [0.1, 0.15) is 0 Å². The van der Waals surface area contributed by atoms with Crippen molar-refractivity contribution < 1.29 is 9.53 Å². The Morgan fingerprint density at radius 1 is 0.967 bits per heavy atom. The van der Waals surface area contributed by atoms with Crippen molar-refractivity contribution >= 4 is 46.2 Å². The highest BCUT2D eigenvalue weighted by Gasteiger charge is 2.12. The van der Waals surface area contributed by atoms with Gasteiger partial charge in [0.05, 0.1) is 25.1 Å². The van der Waals surface area contributed by atoms with Crippen molar-refractivity contribution in [3.63, 3.8) is 0 Å². The van der Waals surface area contributed by atoms with E-state index in [1.807, 2.05) is 18.2 Å². The monoisotopic (exact) mass is 424 g/mol. The first-order valence-corrected chi connectivity index (χ1v) is 9.90. The van der Waals surface area contributed by atoms with E-state index >= 15 is 0 Å². The normalized spacial score (nSPS) is 13.6. The number of halogens is 1. The van der Waals surface area contributed by atoms with Crippen molar-refractivity contribution in [1.82, 2.24) is 10.2 Å². The molecule has 30 heavy (non-hydrogen) atoms. The van der Waals surface area contributed by atoms with Crippen molar-refractivity contribution in [2.75, 3.05) is 47.2 Å². The fourth-order valence-electron chi connectivity index (χ4n) is 3.06. The zero-order valence-corrected chi connectivity index (χ0v) is 16.9. The summed E-state index contributed by atoms with van der Waals surface area (Å²) in [5, 5.41) is 17.6. The molecular weight excluding hydrogens is 404 g/mol. The van der Waals surface area contributed by atoms with Crippen LogP contribution in [0.2, 0.25) is 5.02 Å². The maximum Gasteiger partial charge on any atom is 0.323 e. The Hall–Kier alpha value is -3.36. The van der Waals surface area contributed by atoms with E-state index in [9.17, 15) is 4.79 Å². The van der Waals surface area contributed by atoms with Crippen LogP contribution in [0.1, 0.15) is 0 Å². The number of carbonyl (C=O) groups excluding carboxylic acids is 1. The van der Waals surface area contributed by atoms with Crippen LogP contribution in [0, 0.1) is 0 Å². The Morgan fingerprint density at radius 3 is 2.47 bits per heavy atom. The Balaban J connectivity index is 1.35. The number of aromatic nitrogens is 2. The number of benzene rings is 2. The predicted molar refractivity (Wildman–Crippen MR) is 119 cm³/mol. The molecule has 3 aromatic rings. The topological polar surface area (TPSA) is 91.4 Å². The number of morpholine rings is 1. The van der Waals surface area contributed by atoms with Gasteiger partial charge in [0.25, 0.3) is 0 Å². The highest BCUT2D eigenvalue weighted by molar-refractivity contribution is 6.30. The summed E-state index contributed by atoms with van der Waals surface area (Å²) in [6, 6.07) is 15.9. The SMILES string of the molecule is O=C(Nc1ccc(Nc2cc(N3CCOCC3)cnn2)cc1)Nc1cccc(Cl)c1. The van der Waals surface area contributed by atoms with E-state index in [0.717, 1.165) is 24.5 Å². The lowest BCUT2D eigenvalue weighted by Gasteiger charge is -2.28. The second kappa shape index (κ2) is 9.43. The van der Waals surface area contributed by atoms with Crippen LogP contribution in [0.25, 0.3) is 0 Å². The summed E-state index contributed by atoms with van der Waals surface area (Å²) in [7, 11) is 0. The van der Waals surface area contributed by atoms with Crippen LogP contribution in [0.15, 0.2) is 60.8 Å². The van der Waals surface area contributed by atoms with Crippen molar-refractivity contribution in [3.8, 4) is 0 Å². The van der Waals surface area contributed by atoms with Crippen LogP contribution in [-0.4, -0.2) is 42.5 Å². The number of rotatable bonds is 5. The molecule has 0 atom stereocenters. The van der Waals surface area contributed by atoms with Crippen LogP contribution in [0.4, 0.5) is 33.4 Å². The lowest BCUT2D eigenvalue weighted by molar-refractivity contribution is 0.122. The molecule has 2 aromatic carbocycles. The minimum Gasteiger partial charge on any atom is -0.378 e. The fourth-order valence-corrected chi connectivity index (χ4v) is 3.25. The number of ether oxygens (including phenoxy) is 1. The Kier molecular flexibility index (Phi) is 6.26. The van der Waals surface area contributed by atoms with Gasteiger partial charge >= 0.3 is 6.03 Å². The van der Waals surface area contributed by atoms with Gasteiger partial charge in [-0.05, 0) is 42.5 Å². The molecule has 1 aliphatic heterocycles. The van der Waals surface area contributed by atoms with Crippen LogP contribution in [0.3, 0.4) is 0 Å². The molecule has 2 amide bonds. The van der Waals surface area contributed by atoms with E-state index in [-0.39, 0.29) is 6.03 Å². The summed E-state index contributed by atoms with van der Waals surface area (Å²) in [5.74, 6) is 0.651. The number of carbonyl (C=O) groups is 1. The fraction of sp³-hybridized carbons (Fsp3) is 0.190. The zero-order chi connectivity index (χ0) is 20.8. The van der Waals surface area contributed by atoms with E-state index in [2.05, 4.69) is 31.0 Å². The number of nitrogens with one attached hydrogen (secondary N) is 3. The summed E-state index contributed by atoms with van der Waals surface area (Å²) in [4.78, 5) is 14.4. The third-order valence-electron chi connectivity index (χ3n) is 4.51. The first-order chi connectivity index (χ1) is 14.7. The molecule has 2 heterocycles. The minimum absolute atomic E-state index is 0.345. The zero-order valence-electron chi connectivity index (χ0n) is 16.1. The molecule has 8 nitrogen and oxygen atoms in total. The van der Waals surface area contributed by atoms with Crippen LogP contribution < -0.4 is 20.9 Å². The molecule has 0 spiro atoms. The Labute approximate surface area is 179 Å². The van der Waals surface area contributed by atoms with Gasteiger partial charge in [-0.25, -0.2) is 4.79 Å². The largest absolute Gasteiger partial charge is 0.378 e. The third-order valence-corrected chi connectivity index (χ3v) is 4.75. The highest BCUT2D eigenvalue weighted by atomic mass is 35.5. The molecule has 9 heteroatoms. The number of amides is 2. The molecule has 0 bridgehead atoms. The van der Waals surface area contributed by atoms with Crippen LogP contribution in [0.5, 0.6) is 0 Å². The molecular formula is C21H21ClN6O2. The van der Waals surface area contributed by atoms with Crippen molar-refractivity contribution in [2.45, 2.75) is 0 Å². The van der Waals surface area contributed by atoms with E-state index in [1.54, 1.807) is 42.6 Å². The van der Waals surface area contributed by atoms with Gasteiger partial charge in [0, 0.05) is 41.2 Å². The summed E-state index contributed by atoms with van der Waals surface area (Å²) >= 11 is 5.93. The predicted octanol–water partition coefficient (Wildman–Crippen LogP) is 4.35. The maximum absolute atomic E-state index is 12.1. The van der Waals surface area contributed by atoms with Gasteiger partial charge in [-0.3, -0.25) is 0 Å². The molecule has 1 fully saturated rings. The first-order valence-electron chi connectivity index (χ1n) is 9.52. The van der Waals surface area contributed by atoms with Gasteiger partial charge in [0.2, 0.25) is 0 Å². The molecule has 0 unspecified atom stereocenters. The van der Waals surface area contributed by atoms with Crippen LogP contribution in [-0.2, 0) is 4.74 Å². The standard InChI is InChI=1S/C21H21ClN6O2/c22-15-2-1-3-18(12-15)26-21(29)25-17-6-4-16(5-7-17)24-20-13-19(14-23-27-20)28-8-10-30-11-9-28/h1-7,12-14H,8-11H2,(H,24,27)(H2,25,26,29). The molecule has 1 aromatic heterocycles. The van der Waals surface area contributed by atoms with Gasteiger partial charge in [-0.15, -0.1) is 5.10 Å². The van der Waals surface area contributed by atoms with Gasteiger partial charge in [-0.2, -0.15) is 5.10 Å². The molecule has 1 saturated heterocycles. The summed E-state index contributed by atoms with van der Waals surface area (Å²) < 4.78 is 5.39. The second-order valence-corrected chi connectivity index (χ2v) is 7.13. The number of nitrogens with zero attached hydrogens (tertiary/aromatic N) is 3. The van der Waals surface area contributed by atoms with Gasteiger partial charge < -0.3 is 25.6 Å². The lowest BCUT2D eigenvalue weighted by Crippen LogP contribution is -2.36. The quantitative estimate of drug-likeness (QED) is 0.564. The Bertz CT molecular complexity index is 1010. The van der Waals surface area contributed by atoms with Crippen molar-refractivity contribution in [2.24, 2.45) is 0 Å². The van der Waals surface area contributed by atoms with Crippen molar-refractivity contribution in [3.05, 3.63) is 65.8 Å². The van der Waals surface area contributed by atoms with Gasteiger partial charge in [-0.1, -0.05) is 17.7 Å². The summed E-state index contributed by atoms with van der Waals surface area (Å²) in [6.07, 6.45) is 1.75. The third kappa shape index (κ3) is 5.37. The number of urea groups is 1. The van der Waals surface area contributed by atoms with Gasteiger partial charge in [0.15, 0.2) is 5.82 Å². The number of anilines is 5. The molecule has 154 valence electrons. The molecule has 1 aliphatic rings. The van der Waals surface area contributed by atoms with Crippen molar-refractivity contribution in [1.29, 1.82) is 0 Å². The molecule has 0 saturated carbocycles. The minimum atomic E-state index is -0.345. The second-order valence-electron chi connectivity index (χ2n) is 6.69. The first kappa shape index (κ1) is 19.9. The molecule has 0 radical (unpaired) electrons. The average molecular weight is 425 g/mol. The van der Waals surface area contributed by atoms with E-state index in [4.69, 9.17) is 16.3 Å². The maximum atomic E-state index is 12.1. The highest BCUT2D eigenvalue weighted by Crippen LogP contribution is 2.22. The van der Waals surface area contributed by atoms with Crippen LogP contribution >= 0.6 is 11.6 Å². The number of hydrogen-bond acceptors (Lipinski definition) is 6. The van der Waals surface area contributed by atoms with E-state index in [0.29, 0.717) is 35.4 Å². The molecule has 4 rings (SSSR count). The summed E-state index contributed by atoms with van der Waals surface area (Å²) in [5.41, 5.74) is 3.13. The molecule has 3 N–H and O–H groups in total. The average Bonchev–Trinajstić information content (AvgIpc) is 2.76.